The third kappa shape index (κ3) is 3.56. The first-order valence-corrected chi connectivity index (χ1v) is 6.21. The first-order valence-electron chi connectivity index (χ1n) is 6.21. The van der Waals surface area contributed by atoms with Crippen LogP contribution in [0.5, 0.6) is 5.88 Å². The van der Waals surface area contributed by atoms with Crippen molar-refractivity contribution in [1.29, 1.82) is 0 Å². The molecule has 94 valence electrons. The van der Waals surface area contributed by atoms with Gasteiger partial charge in [0.25, 0.3) is 5.56 Å². The van der Waals surface area contributed by atoms with Crippen molar-refractivity contribution in [2.45, 2.75) is 26.2 Å². The highest BCUT2D eigenvalue weighted by molar-refractivity contribution is 5.08. The fourth-order valence-electron chi connectivity index (χ4n) is 2.02. The van der Waals surface area contributed by atoms with Gasteiger partial charge in [0, 0.05) is 6.42 Å². The lowest BCUT2D eigenvalue weighted by molar-refractivity contribution is 0.272. The summed E-state index contributed by atoms with van der Waals surface area (Å²) < 4.78 is 5.53. The van der Waals surface area contributed by atoms with Gasteiger partial charge in [0.15, 0.2) is 0 Å². The van der Waals surface area contributed by atoms with Crippen molar-refractivity contribution in [1.82, 2.24) is 15.3 Å². The molecule has 0 radical (unpaired) electrons. The quantitative estimate of drug-likeness (QED) is 0.791. The van der Waals surface area contributed by atoms with Crippen LogP contribution in [-0.2, 0) is 6.42 Å². The Kier molecular flexibility index (Phi) is 4.14. The molecule has 0 saturated carbocycles. The number of nitrogens with zero attached hydrogens (tertiary/aromatic N) is 1. The summed E-state index contributed by atoms with van der Waals surface area (Å²) in [6, 6.07) is 1.41. The van der Waals surface area contributed by atoms with E-state index in [-0.39, 0.29) is 5.56 Å². The molecule has 1 aromatic rings. The molecule has 2 N–H and O–H groups in total. The van der Waals surface area contributed by atoms with E-state index in [0.29, 0.717) is 30.7 Å². The van der Waals surface area contributed by atoms with Gasteiger partial charge in [-0.25, -0.2) is 4.98 Å². The number of hydrogen-bond acceptors (Lipinski definition) is 4. The Morgan fingerprint density at radius 3 is 3.18 bits per heavy atom. The fraction of sp³-hybridized carbons (Fsp3) is 0.667. The number of rotatable bonds is 5. The van der Waals surface area contributed by atoms with Crippen LogP contribution in [0.1, 0.15) is 25.6 Å². The molecule has 0 spiro atoms. The summed E-state index contributed by atoms with van der Waals surface area (Å²) in [6.45, 7) is 4.76. The predicted octanol–water partition coefficient (Wildman–Crippen LogP) is 0.711. The van der Waals surface area contributed by atoms with E-state index in [1.54, 1.807) is 0 Å². The van der Waals surface area contributed by atoms with Crippen LogP contribution >= 0.6 is 0 Å². The van der Waals surface area contributed by atoms with Crippen molar-refractivity contribution in [3.05, 3.63) is 22.2 Å². The number of aryl methyl sites for hydroxylation is 1. The molecule has 1 aromatic heterocycles. The second kappa shape index (κ2) is 5.82. The van der Waals surface area contributed by atoms with Crippen LogP contribution in [0, 0.1) is 5.92 Å². The Hall–Kier alpha value is -1.36. The smallest absolute Gasteiger partial charge is 0.254 e. The molecular formula is C12H19N3O2. The molecule has 5 heteroatoms. The van der Waals surface area contributed by atoms with E-state index in [2.05, 4.69) is 15.3 Å². The molecule has 1 aliphatic heterocycles. The van der Waals surface area contributed by atoms with Gasteiger partial charge in [-0.2, -0.15) is 0 Å². The highest BCUT2D eigenvalue weighted by Gasteiger charge is 2.14. The summed E-state index contributed by atoms with van der Waals surface area (Å²) >= 11 is 0. The Labute approximate surface area is 101 Å². The molecule has 0 aliphatic carbocycles. The molecule has 1 saturated heterocycles. The minimum absolute atomic E-state index is 0.144. The van der Waals surface area contributed by atoms with Crippen LogP contribution in [-0.4, -0.2) is 29.7 Å². The van der Waals surface area contributed by atoms with Crippen molar-refractivity contribution in [2.75, 3.05) is 19.7 Å². The topological polar surface area (TPSA) is 67.0 Å². The molecule has 1 atom stereocenters. The molecule has 5 nitrogen and oxygen atoms in total. The molecular weight excluding hydrogens is 218 g/mol. The second-order valence-corrected chi connectivity index (χ2v) is 4.38. The van der Waals surface area contributed by atoms with Gasteiger partial charge < -0.3 is 15.0 Å². The lowest BCUT2D eigenvalue weighted by atomic mass is 10.1. The number of aromatic amines is 1. The number of ether oxygens (including phenoxy) is 1. The van der Waals surface area contributed by atoms with E-state index >= 15 is 0 Å². The average molecular weight is 237 g/mol. The van der Waals surface area contributed by atoms with Crippen LogP contribution in [0.2, 0.25) is 0 Å². The molecule has 17 heavy (non-hydrogen) atoms. The number of H-pyrrole nitrogens is 1. The lowest BCUT2D eigenvalue weighted by Crippen LogP contribution is -2.14. The van der Waals surface area contributed by atoms with E-state index in [1.807, 2.05) is 6.92 Å². The Morgan fingerprint density at radius 1 is 1.59 bits per heavy atom. The highest BCUT2D eigenvalue weighted by atomic mass is 16.5. The molecule has 2 heterocycles. The van der Waals surface area contributed by atoms with Crippen LogP contribution < -0.4 is 15.6 Å². The molecule has 0 bridgehead atoms. The van der Waals surface area contributed by atoms with Gasteiger partial charge in [0.1, 0.15) is 5.82 Å². The van der Waals surface area contributed by atoms with Gasteiger partial charge in [0.2, 0.25) is 5.88 Å². The van der Waals surface area contributed by atoms with E-state index in [4.69, 9.17) is 4.74 Å². The maximum atomic E-state index is 11.3. The first-order chi connectivity index (χ1) is 8.28. The van der Waals surface area contributed by atoms with Gasteiger partial charge in [-0.1, -0.05) is 6.92 Å². The Morgan fingerprint density at radius 2 is 2.47 bits per heavy atom. The van der Waals surface area contributed by atoms with Gasteiger partial charge in [-0.3, -0.25) is 4.79 Å². The van der Waals surface area contributed by atoms with Crippen LogP contribution in [0.15, 0.2) is 10.9 Å². The van der Waals surface area contributed by atoms with Crippen LogP contribution in [0.25, 0.3) is 0 Å². The SMILES string of the molecule is CCc1nc(OCCC2CCNC2)cc(=O)[nH]1. The molecule has 2 rings (SSSR count). The standard InChI is InChI=1S/C12H19N3O2/c1-2-10-14-11(16)7-12(15-10)17-6-4-9-3-5-13-8-9/h7,9,13H,2-6,8H2,1H3,(H,14,15,16). The van der Waals surface area contributed by atoms with E-state index in [9.17, 15) is 4.79 Å². The van der Waals surface area contributed by atoms with Crippen LogP contribution in [0.3, 0.4) is 0 Å². The van der Waals surface area contributed by atoms with Crippen LogP contribution in [0.4, 0.5) is 0 Å². The molecule has 0 aromatic carbocycles. The normalized spacial score (nSPS) is 19.5. The molecule has 1 aliphatic rings. The zero-order chi connectivity index (χ0) is 12.1. The molecule has 1 fully saturated rings. The monoisotopic (exact) mass is 237 g/mol. The van der Waals surface area contributed by atoms with E-state index in [1.165, 1.54) is 12.5 Å². The largest absolute Gasteiger partial charge is 0.477 e. The predicted molar refractivity (Wildman–Crippen MR) is 65.3 cm³/mol. The van der Waals surface area contributed by atoms with E-state index < -0.39 is 0 Å². The second-order valence-electron chi connectivity index (χ2n) is 4.38. The fourth-order valence-corrected chi connectivity index (χ4v) is 2.02. The van der Waals surface area contributed by atoms with Gasteiger partial charge in [-0.15, -0.1) is 0 Å². The summed E-state index contributed by atoms with van der Waals surface area (Å²) in [4.78, 5) is 18.2. The zero-order valence-corrected chi connectivity index (χ0v) is 10.2. The van der Waals surface area contributed by atoms with Crippen molar-refractivity contribution in [3.8, 4) is 5.88 Å². The van der Waals surface area contributed by atoms with Crippen molar-refractivity contribution in [3.63, 3.8) is 0 Å². The van der Waals surface area contributed by atoms with Gasteiger partial charge in [-0.05, 0) is 31.8 Å². The summed E-state index contributed by atoms with van der Waals surface area (Å²) in [6.07, 6.45) is 2.94. The minimum Gasteiger partial charge on any atom is -0.477 e. The summed E-state index contributed by atoms with van der Waals surface area (Å²) in [5, 5.41) is 3.32. The Bertz CT molecular complexity index is 410. The summed E-state index contributed by atoms with van der Waals surface area (Å²) in [5.41, 5.74) is -0.144. The number of aromatic nitrogens is 2. The van der Waals surface area contributed by atoms with Crippen molar-refractivity contribution >= 4 is 0 Å². The first kappa shape index (κ1) is 12.1. The third-order valence-corrected chi connectivity index (χ3v) is 3.04. The molecule has 0 amide bonds. The average Bonchev–Trinajstić information content (AvgIpc) is 2.81. The van der Waals surface area contributed by atoms with Gasteiger partial charge in [0.05, 0.1) is 12.7 Å². The zero-order valence-electron chi connectivity index (χ0n) is 10.2. The van der Waals surface area contributed by atoms with Crippen molar-refractivity contribution < 1.29 is 4.74 Å². The number of nitrogens with one attached hydrogen (secondary N) is 2. The number of hydrogen-bond donors (Lipinski definition) is 2. The Balaban J connectivity index is 1.85. The highest BCUT2D eigenvalue weighted by Crippen LogP contribution is 2.12. The van der Waals surface area contributed by atoms with Crippen molar-refractivity contribution in [2.24, 2.45) is 5.92 Å². The minimum atomic E-state index is -0.144. The maximum Gasteiger partial charge on any atom is 0.254 e. The maximum absolute atomic E-state index is 11.3. The summed E-state index contributed by atoms with van der Waals surface area (Å²) in [5.74, 6) is 1.81. The third-order valence-electron chi connectivity index (χ3n) is 3.04. The van der Waals surface area contributed by atoms with Gasteiger partial charge >= 0.3 is 0 Å². The summed E-state index contributed by atoms with van der Waals surface area (Å²) in [7, 11) is 0. The van der Waals surface area contributed by atoms with E-state index in [0.717, 1.165) is 19.5 Å². The lowest BCUT2D eigenvalue weighted by Gasteiger charge is -2.09. The molecule has 1 unspecified atom stereocenters.